The quantitative estimate of drug-likeness (QED) is 0.905. The fourth-order valence-electron chi connectivity index (χ4n) is 1.74. The first-order chi connectivity index (χ1) is 8.13. The fourth-order valence-corrected chi connectivity index (χ4v) is 2.60. The Kier molecular flexibility index (Phi) is 3.16. The summed E-state index contributed by atoms with van der Waals surface area (Å²) in [6.07, 6.45) is 0. The van der Waals surface area contributed by atoms with Crippen molar-refractivity contribution in [1.29, 1.82) is 5.26 Å². The van der Waals surface area contributed by atoms with Crippen LogP contribution in [0.2, 0.25) is 0 Å². The van der Waals surface area contributed by atoms with Gasteiger partial charge in [-0.1, -0.05) is 0 Å². The third kappa shape index (κ3) is 2.17. The van der Waals surface area contributed by atoms with Gasteiger partial charge in [0, 0.05) is 13.6 Å². The van der Waals surface area contributed by atoms with Crippen molar-refractivity contribution in [2.24, 2.45) is 7.05 Å². The molecule has 0 aliphatic heterocycles. The second kappa shape index (κ2) is 4.60. The lowest BCUT2D eigenvalue weighted by Crippen LogP contribution is -2.05. The van der Waals surface area contributed by atoms with Gasteiger partial charge in [0.1, 0.15) is 17.5 Å². The lowest BCUT2D eigenvalue weighted by molar-refractivity contribution is 0.758. The minimum atomic E-state index is 0.625. The highest BCUT2D eigenvalue weighted by molar-refractivity contribution is 7.08. The SMILES string of the molecule is Cc1cscc1CNc1c(C#N)c(C)nn1C. The van der Waals surface area contributed by atoms with Gasteiger partial charge in [0.25, 0.3) is 0 Å². The van der Waals surface area contributed by atoms with Gasteiger partial charge in [0.15, 0.2) is 0 Å². The Morgan fingerprint density at radius 2 is 2.24 bits per heavy atom. The molecule has 0 bridgehead atoms. The summed E-state index contributed by atoms with van der Waals surface area (Å²) in [7, 11) is 1.84. The summed E-state index contributed by atoms with van der Waals surface area (Å²) in [6.45, 7) is 4.66. The first-order valence-electron chi connectivity index (χ1n) is 5.32. The summed E-state index contributed by atoms with van der Waals surface area (Å²) in [4.78, 5) is 0. The van der Waals surface area contributed by atoms with Crippen LogP contribution in [0.5, 0.6) is 0 Å². The molecule has 0 spiro atoms. The van der Waals surface area contributed by atoms with E-state index >= 15 is 0 Å². The highest BCUT2D eigenvalue weighted by atomic mass is 32.1. The van der Waals surface area contributed by atoms with Crippen LogP contribution < -0.4 is 5.32 Å². The van der Waals surface area contributed by atoms with E-state index in [1.165, 1.54) is 11.1 Å². The molecule has 2 heterocycles. The molecule has 0 aliphatic carbocycles. The molecule has 2 aromatic rings. The normalized spacial score (nSPS) is 10.2. The predicted octanol–water partition coefficient (Wildman–Crippen LogP) is 2.58. The summed E-state index contributed by atoms with van der Waals surface area (Å²) < 4.78 is 1.72. The number of hydrogen-bond acceptors (Lipinski definition) is 4. The second-order valence-corrected chi connectivity index (χ2v) is 4.72. The molecule has 5 heteroatoms. The van der Waals surface area contributed by atoms with Crippen LogP contribution in [0.15, 0.2) is 10.8 Å². The summed E-state index contributed by atoms with van der Waals surface area (Å²) in [5.74, 6) is 0.788. The van der Waals surface area contributed by atoms with Crippen molar-refractivity contribution in [3.05, 3.63) is 33.1 Å². The zero-order chi connectivity index (χ0) is 12.4. The second-order valence-electron chi connectivity index (χ2n) is 3.98. The lowest BCUT2D eigenvalue weighted by Gasteiger charge is -2.06. The first-order valence-corrected chi connectivity index (χ1v) is 6.27. The number of rotatable bonds is 3. The van der Waals surface area contributed by atoms with Crippen molar-refractivity contribution in [2.75, 3.05) is 5.32 Å². The third-order valence-electron chi connectivity index (χ3n) is 2.74. The van der Waals surface area contributed by atoms with Gasteiger partial charge in [-0.3, -0.25) is 4.68 Å². The number of nitrogens with zero attached hydrogens (tertiary/aromatic N) is 3. The van der Waals surface area contributed by atoms with E-state index in [-0.39, 0.29) is 0 Å². The molecular formula is C12H14N4S. The summed E-state index contributed by atoms with van der Waals surface area (Å²) in [5.41, 5.74) is 3.93. The maximum Gasteiger partial charge on any atom is 0.142 e. The van der Waals surface area contributed by atoms with Crippen LogP contribution in [0.25, 0.3) is 0 Å². The monoisotopic (exact) mass is 246 g/mol. The van der Waals surface area contributed by atoms with Gasteiger partial charge < -0.3 is 5.32 Å². The van der Waals surface area contributed by atoms with Crippen LogP contribution >= 0.6 is 11.3 Å². The number of thiophene rings is 1. The van der Waals surface area contributed by atoms with Gasteiger partial charge in [-0.15, -0.1) is 0 Å². The molecule has 2 rings (SSSR count). The smallest absolute Gasteiger partial charge is 0.142 e. The Balaban J connectivity index is 2.20. The maximum atomic E-state index is 9.08. The Hall–Kier alpha value is -1.80. The summed E-state index contributed by atoms with van der Waals surface area (Å²) in [6, 6.07) is 2.19. The third-order valence-corrected chi connectivity index (χ3v) is 3.65. The van der Waals surface area contributed by atoms with E-state index in [0.717, 1.165) is 18.1 Å². The molecule has 0 aliphatic rings. The number of hydrogen-bond donors (Lipinski definition) is 1. The first kappa shape index (κ1) is 11.7. The molecule has 0 amide bonds. The van der Waals surface area contributed by atoms with Crippen molar-refractivity contribution >= 4 is 17.2 Å². The number of nitriles is 1. The van der Waals surface area contributed by atoms with Gasteiger partial charge in [-0.2, -0.15) is 21.7 Å². The topological polar surface area (TPSA) is 53.6 Å². The minimum Gasteiger partial charge on any atom is -0.365 e. The van der Waals surface area contributed by atoms with Crippen LogP contribution in [-0.2, 0) is 13.6 Å². The molecule has 4 nitrogen and oxygen atoms in total. The molecule has 0 saturated carbocycles. The van der Waals surface area contributed by atoms with Crippen molar-refractivity contribution < 1.29 is 0 Å². The number of aryl methyl sites for hydroxylation is 3. The Bertz CT molecular complexity index is 574. The van der Waals surface area contributed by atoms with Crippen molar-refractivity contribution in [1.82, 2.24) is 9.78 Å². The zero-order valence-corrected chi connectivity index (χ0v) is 10.9. The molecule has 0 fully saturated rings. The number of aromatic nitrogens is 2. The Morgan fingerprint density at radius 1 is 1.47 bits per heavy atom. The van der Waals surface area contributed by atoms with Gasteiger partial charge in [-0.05, 0) is 35.7 Å². The van der Waals surface area contributed by atoms with Gasteiger partial charge in [0.2, 0.25) is 0 Å². The van der Waals surface area contributed by atoms with E-state index in [0.29, 0.717) is 5.56 Å². The highest BCUT2D eigenvalue weighted by Gasteiger charge is 2.12. The average Bonchev–Trinajstić information content (AvgIpc) is 2.80. The molecule has 0 radical (unpaired) electrons. The van der Waals surface area contributed by atoms with Gasteiger partial charge in [0.05, 0.1) is 5.69 Å². The molecule has 88 valence electrons. The number of anilines is 1. The van der Waals surface area contributed by atoms with Gasteiger partial charge in [-0.25, -0.2) is 0 Å². The van der Waals surface area contributed by atoms with Gasteiger partial charge >= 0.3 is 0 Å². The van der Waals surface area contributed by atoms with Crippen molar-refractivity contribution in [3.63, 3.8) is 0 Å². The van der Waals surface area contributed by atoms with E-state index in [9.17, 15) is 0 Å². The van der Waals surface area contributed by atoms with E-state index in [4.69, 9.17) is 5.26 Å². The Morgan fingerprint density at radius 3 is 2.82 bits per heavy atom. The van der Waals surface area contributed by atoms with Crippen molar-refractivity contribution in [2.45, 2.75) is 20.4 Å². The molecule has 17 heavy (non-hydrogen) atoms. The maximum absolute atomic E-state index is 9.08. The van der Waals surface area contributed by atoms with E-state index in [1.54, 1.807) is 16.0 Å². The Labute approximate surface area is 105 Å². The molecule has 0 atom stereocenters. The molecular weight excluding hydrogens is 232 g/mol. The fraction of sp³-hybridized carbons (Fsp3) is 0.333. The molecule has 0 aromatic carbocycles. The highest BCUT2D eigenvalue weighted by Crippen LogP contribution is 2.20. The molecule has 0 unspecified atom stereocenters. The van der Waals surface area contributed by atoms with Crippen LogP contribution in [0, 0.1) is 25.2 Å². The van der Waals surface area contributed by atoms with E-state index in [2.05, 4.69) is 34.2 Å². The minimum absolute atomic E-state index is 0.625. The molecule has 1 N–H and O–H groups in total. The predicted molar refractivity (Wildman–Crippen MR) is 69.0 cm³/mol. The lowest BCUT2D eigenvalue weighted by atomic mass is 10.2. The summed E-state index contributed by atoms with van der Waals surface area (Å²) in [5, 5.41) is 20.8. The largest absolute Gasteiger partial charge is 0.365 e. The van der Waals surface area contributed by atoms with Crippen LogP contribution in [0.4, 0.5) is 5.82 Å². The number of nitrogens with one attached hydrogen (secondary N) is 1. The standard InChI is InChI=1S/C12H14N4S/c1-8-6-17-7-10(8)5-14-12-11(4-13)9(2)15-16(12)3/h6-7,14H,5H2,1-3H3. The molecule has 2 aromatic heterocycles. The van der Waals surface area contributed by atoms with Crippen LogP contribution in [0.1, 0.15) is 22.4 Å². The van der Waals surface area contributed by atoms with E-state index < -0.39 is 0 Å². The van der Waals surface area contributed by atoms with Crippen LogP contribution in [-0.4, -0.2) is 9.78 Å². The zero-order valence-electron chi connectivity index (χ0n) is 10.1. The van der Waals surface area contributed by atoms with Crippen molar-refractivity contribution in [3.8, 4) is 6.07 Å². The summed E-state index contributed by atoms with van der Waals surface area (Å²) >= 11 is 1.69. The average molecular weight is 246 g/mol. The molecule has 0 saturated heterocycles. The van der Waals surface area contributed by atoms with E-state index in [1.807, 2.05) is 14.0 Å². The van der Waals surface area contributed by atoms with Crippen LogP contribution in [0.3, 0.4) is 0 Å².